The van der Waals surface area contributed by atoms with Crippen molar-refractivity contribution in [2.45, 2.75) is 31.2 Å². The number of piperidine rings is 1. The molecule has 1 saturated heterocycles. The van der Waals surface area contributed by atoms with E-state index < -0.39 is 0 Å². The quantitative estimate of drug-likeness (QED) is 0.861. The Bertz CT molecular complexity index is 427. The summed E-state index contributed by atoms with van der Waals surface area (Å²) < 4.78 is 0. The summed E-state index contributed by atoms with van der Waals surface area (Å²) in [7, 11) is 0. The molecule has 96 valence electrons. The third-order valence-corrected chi connectivity index (χ3v) is 4.12. The molecule has 0 radical (unpaired) electrons. The predicted octanol–water partition coefficient (Wildman–Crippen LogP) is 1.74. The molecule has 0 aromatic heterocycles. The van der Waals surface area contributed by atoms with Crippen LogP contribution in [-0.2, 0) is 4.79 Å². The Balaban J connectivity index is 1.66. The molecule has 0 bridgehead atoms. The van der Waals surface area contributed by atoms with Crippen LogP contribution in [0.1, 0.15) is 30.7 Å². The SMILES string of the molecule is NC1CN(C(=O)C2CC2)CCC1c1ccccc1. The summed E-state index contributed by atoms with van der Waals surface area (Å²) in [6.45, 7) is 1.58. The number of nitrogens with two attached hydrogens (primary N) is 1. The molecule has 2 fully saturated rings. The Morgan fingerprint density at radius 1 is 1.17 bits per heavy atom. The van der Waals surface area contributed by atoms with Crippen molar-refractivity contribution in [3.8, 4) is 0 Å². The van der Waals surface area contributed by atoms with Gasteiger partial charge in [0.15, 0.2) is 0 Å². The summed E-state index contributed by atoms with van der Waals surface area (Å²) in [4.78, 5) is 14.0. The van der Waals surface area contributed by atoms with Gasteiger partial charge >= 0.3 is 0 Å². The molecule has 2 atom stereocenters. The van der Waals surface area contributed by atoms with Crippen molar-refractivity contribution >= 4 is 5.91 Å². The highest BCUT2D eigenvalue weighted by Crippen LogP contribution is 2.34. The van der Waals surface area contributed by atoms with Gasteiger partial charge in [0.25, 0.3) is 0 Å². The fourth-order valence-corrected chi connectivity index (χ4v) is 2.88. The summed E-state index contributed by atoms with van der Waals surface area (Å²) in [6.07, 6.45) is 3.14. The number of hydrogen-bond donors (Lipinski definition) is 1. The number of carbonyl (C=O) groups excluding carboxylic acids is 1. The molecule has 1 heterocycles. The van der Waals surface area contributed by atoms with Gasteiger partial charge in [-0.3, -0.25) is 4.79 Å². The maximum absolute atomic E-state index is 12.0. The van der Waals surface area contributed by atoms with Gasteiger partial charge in [-0.1, -0.05) is 30.3 Å². The first-order chi connectivity index (χ1) is 8.75. The van der Waals surface area contributed by atoms with E-state index in [1.807, 2.05) is 11.0 Å². The summed E-state index contributed by atoms with van der Waals surface area (Å²) in [5.74, 6) is 1.04. The number of hydrogen-bond acceptors (Lipinski definition) is 2. The molecule has 1 aromatic carbocycles. The molecule has 18 heavy (non-hydrogen) atoms. The highest BCUT2D eigenvalue weighted by atomic mass is 16.2. The molecule has 2 unspecified atom stereocenters. The Morgan fingerprint density at radius 3 is 2.50 bits per heavy atom. The molecule has 2 aliphatic rings. The summed E-state index contributed by atoms with van der Waals surface area (Å²) in [5, 5.41) is 0. The summed E-state index contributed by atoms with van der Waals surface area (Å²) in [6, 6.07) is 10.5. The zero-order chi connectivity index (χ0) is 12.5. The van der Waals surface area contributed by atoms with Crippen LogP contribution in [0.2, 0.25) is 0 Å². The van der Waals surface area contributed by atoms with E-state index in [-0.39, 0.29) is 6.04 Å². The highest BCUT2D eigenvalue weighted by molar-refractivity contribution is 5.81. The number of carbonyl (C=O) groups is 1. The molecule has 1 aromatic rings. The molecule has 1 saturated carbocycles. The Labute approximate surface area is 108 Å². The fraction of sp³-hybridized carbons (Fsp3) is 0.533. The van der Waals surface area contributed by atoms with Crippen molar-refractivity contribution in [3.63, 3.8) is 0 Å². The lowest BCUT2D eigenvalue weighted by molar-refractivity contribution is -0.133. The smallest absolute Gasteiger partial charge is 0.225 e. The van der Waals surface area contributed by atoms with Gasteiger partial charge in [0.1, 0.15) is 0 Å². The van der Waals surface area contributed by atoms with Gasteiger partial charge in [0.2, 0.25) is 5.91 Å². The number of rotatable bonds is 2. The lowest BCUT2D eigenvalue weighted by Crippen LogP contribution is -2.50. The van der Waals surface area contributed by atoms with Crippen molar-refractivity contribution < 1.29 is 4.79 Å². The van der Waals surface area contributed by atoms with Crippen LogP contribution in [0.3, 0.4) is 0 Å². The largest absolute Gasteiger partial charge is 0.341 e. The fourth-order valence-electron chi connectivity index (χ4n) is 2.88. The maximum Gasteiger partial charge on any atom is 0.225 e. The first-order valence-electron chi connectivity index (χ1n) is 6.85. The first kappa shape index (κ1) is 11.7. The van der Waals surface area contributed by atoms with Crippen LogP contribution >= 0.6 is 0 Å². The lowest BCUT2D eigenvalue weighted by atomic mass is 9.85. The monoisotopic (exact) mass is 244 g/mol. The minimum absolute atomic E-state index is 0.0730. The van der Waals surface area contributed by atoms with Gasteiger partial charge in [0, 0.05) is 31.0 Å². The Morgan fingerprint density at radius 2 is 1.89 bits per heavy atom. The zero-order valence-electron chi connectivity index (χ0n) is 10.6. The second-order valence-electron chi connectivity index (χ2n) is 5.53. The van der Waals surface area contributed by atoms with Gasteiger partial charge in [-0.25, -0.2) is 0 Å². The second kappa shape index (κ2) is 4.73. The number of likely N-dealkylation sites (tertiary alicyclic amines) is 1. The van der Waals surface area contributed by atoms with Crippen LogP contribution < -0.4 is 5.73 Å². The van der Waals surface area contributed by atoms with Crippen LogP contribution in [0, 0.1) is 5.92 Å². The van der Waals surface area contributed by atoms with Crippen LogP contribution in [0.4, 0.5) is 0 Å². The molecule has 0 spiro atoms. The minimum Gasteiger partial charge on any atom is -0.341 e. The van der Waals surface area contributed by atoms with E-state index in [4.69, 9.17) is 5.73 Å². The predicted molar refractivity (Wildman–Crippen MR) is 71.1 cm³/mol. The van der Waals surface area contributed by atoms with E-state index in [0.29, 0.717) is 17.7 Å². The average molecular weight is 244 g/mol. The zero-order valence-corrected chi connectivity index (χ0v) is 10.6. The van der Waals surface area contributed by atoms with Gasteiger partial charge in [-0.2, -0.15) is 0 Å². The molecular weight excluding hydrogens is 224 g/mol. The third-order valence-electron chi connectivity index (χ3n) is 4.12. The van der Waals surface area contributed by atoms with Crippen LogP contribution in [0.15, 0.2) is 30.3 Å². The molecule has 2 N–H and O–H groups in total. The summed E-state index contributed by atoms with van der Waals surface area (Å²) in [5.41, 5.74) is 7.57. The third kappa shape index (κ3) is 2.27. The normalized spacial score (nSPS) is 28.2. The van der Waals surface area contributed by atoms with Crippen molar-refractivity contribution in [3.05, 3.63) is 35.9 Å². The van der Waals surface area contributed by atoms with Crippen LogP contribution in [-0.4, -0.2) is 29.9 Å². The molecule has 3 nitrogen and oxygen atoms in total. The number of benzene rings is 1. The number of nitrogens with zero attached hydrogens (tertiary/aromatic N) is 1. The van der Waals surface area contributed by atoms with E-state index >= 15 is 0 Å². The maximum atomic E-state index is 12.0. The van der Waals surface area contributed by atoms with Crippen LogP contribution in [0.25, 0.3) is 0 Å². The molecular formula is C15H20N2O. The molecule has 3 rings (SSSR count). The molecule has 1 aliphatic heterocycles. The lowest BCUT2D eigenvalue weighted by Gasteiger charge is -2.37. The molecule has 3 heteroatoms. The van der Waals surface area contributed by atoms with E-state index in [9.17, 15) is 4.79 Å². The molecule has 1 amide bonds. The van der Waals surface area contributed by atoms with Crippen molar-refractivity contribution in [2.75, 3.05) is 13.1 Å². The molecule has 1 aliphatic carbocycles. The Kier molecular flexibility index (Phi) is 3.08. The second-order valence-corrected chi connectivity index (χ2v) is 5.53. The Hall–Kier alpha value is -1.35. The standard InChI is InChI=1S/C15H20N2O/c16-14-10-17(15(18)12-6-7-12)9-8-13(14)11-4-2-1-3-5-11/h1-5,12-14H,6-10,16H2. The topological polar surface area (TPSA) is 46.3 Å². The van der Waals surface area contributed by atoms with Crippen molar-refractivity contribution in [2.24, 2.45) is 11.7 Å². The van der Waals surface area contributed by atoms with Gasteiger partial charge in [-0.05, 0) is 24.8 Å². The van der Waals surface area contributed by atoms with E-state index in [1.165, 1.54) is 5.56 Å². The van der Waals surface area contributed by atoms with Gasteiger partial charge in [-0.15, -0.1) is 0 Å². The van der Waals surface area contributed by atoms with Gasteiger partial charge < -0.3 is 10.6 Å². The van der Waals surface area contributed by atoms with E-state index in [0.717, 1.165) is 32.4 Å². The number of amides is 1. The van der Waals surface area contributed by atoms with E-state index in [2.05, 4.69) is 24.3 Å². The summed E-state index contributed by atoms with van der Waals surface area (Å²) >= 11 is 0. The average Bonchev–Trinajstić information content (AvgIpc) is 3.23. The van der Waals surface area contributed by atoms with Crippen molar-refractivity contribution in [1.29, 1.82) is 0 Å². The van der Waals surface area contributed by atoms with Crippen molar-refractivity contribution in [1.82, 2.24) is 4.90 Å². The van der Waals surface area contributed by atoms with Gasteiger partial charge in [0.05, 0.1) is 0 Å². The first-order valence-corrected chi connectivity index (χ1v) is 6.85. The van der Waals surface area contributed by atoms with Crippen LogP contribution in [0.5, 0.6) is 0 Å². The minimum atomic E-state index is 0.0730. The van der Waals surface area contributed by atoms with E-state index in [1.54, 1.807) is 0 Å². The highest BCUT2D eigenvalue weighted by Gasteiger charge is 2.37.